The van der Waals surface area contributed by atoms with Crippen LogP contribution in [0.2, 0.25) is 0 Å². The van der Waals surface area contributed by atoms with E-state index in [0.29, 0.717) is 13.1 Å². The van der Waals surface area contributed by atoms with E-state index in [2.05, 4.69) is 10.1 Å². The van der Waals surface area contributed by atoms with Crippen LogP contribution in [-0.4, -0.2) is 35.4 Å². The molecule has 6 heteroatoms. The van der Waals surface area contributed by atoms with Crippen LogP contribution in [0, 0.1) is 0 Å². The molecule has 0 saturated carbocycles. The Bertz CT molecular complexity index is 394. The lowest BCUT2D eigenvalue weighted by Crippen LogP contribution is -2.40. The number of ether oxygens (including phenoxy) is 1. The highest BCUT2D eigenvalue weighted by Crippen LogP contribution is 2.27. The van der Waals surface area contributed by atoms with Gasteiger partial charge in [0, 0.05) is 18.8 Å². The molecule has 2 rings (SSSR count). The van der Waals surface area contributed by atoms with Gasteiger partial charge in [-0.25, -0.2) is 0 Å². The zero-order chi connectivity index (χ0) is 13.7. The van der Waals surface area contributed by atoms with Gasteiger partial charge in [-0.05, 0) is 29.9 Å². The molecule has 3 nitrogen and oxygen atoms in total. The van der Waals surface area contributed by atoms with Crippen molar-refractivity contribution in [2.45, 2.75) is 25.2 Å². The number of rotatable bonds is 6. The van der Waals surface area contributed by atoms with Gasteiger partial charge in [0.05, 0.1) is 5.60 Å². The summed E-state index contributed by atoms with van der Waals surface area (Å²) in [6, 6.07) is 6.50. The van der Waals surface area contributed by atoms with Gasteiger partial charge in [0.2, 0.25) is 0 Å². The molecule has 19 heavy (non-hydrogen) atoms. The molecule has 0 spiro atoms. The molecule has 0 bridgehead atoms. The molecular weight excluding hydrogens is 272 g/mol. The van der Waals surface area contributed by atoms with E-state index < -0.39 is 12.2 Å². The summed E-state index contributed by atoms with van der Waals surface area (Å²) < 4.78 is 28.2. The Labute approximate surface area is 115 Å². The number of alkyl halides is 2. The van der Waals surface area contributed by atoms with Crippen molar-refractivity contribution in [1.82, 2.24) is 5.32 Å². The van der Waals surface area contributed by atoms with Gasteiger partial charge in [-0.15, -0.1) is 0 Å². The first-order chi connectivity index (χ1) is 9.07. The van der Waals surface area contributed by atoms with Gasteiger partial charge >= 0.3 is 6.61 Å². The molecule has 0 amide bonds. The zero-order valence-electron chi connectivity index (χ0n) is 10.4. The van der Waals surface area contributed by atoms with E-state index in [1.807, 2.05) is 0 Å². The lowest BCUT2D eigenvalue weighted by molar-refractivity contribution is -0.0498. The molecule has 0 aliphatic carbocycles. The van der Waals surface area contributed by atoms with E-state index in [-0.39, 0.29) is 5.75 Å². The first-order valence-electron chi connectivity index (χ1n) is 6.12. The Morgan fingerprint density at radius 2 is 2.11 bits per heavy atom. The molecular formula is C13H17F2NO2S. The summed E-state index contributed by atoms with van der Waals surface area (Å²) in [5, 5.41) is 13.3. The number of hydrogen-bond acceptors (Lipinski definition) is 4. The molecule has 2 N–H and O–H groups in total. The van der Waals surface area contributed by atoms with E-state index in [1.165, 1.54) is 12.1 Å². The third-order valence-electron chi connectivity index (χ3n) is 3.01. The maximum absolute atomic E-state index is 12.0. The smallest absolute Gasteiger partial charge is 0.387 e. The van der Waals surface area contributed by atoms with Crippen LogP contribution in [0.4, 0.5) is 8.78 Å². The molecule has 0 radical (unpaired) electrons. The minimum absolute atomic E-state index is 0.157. The molecule has 1 aliphatic heterocycles. The minimum atomic E-state index is -2.79. The Hall–Kier alpha value is -0.850. The average molecular weight is 289 g/mol. The SMILES string of the molecule is OC1(CNCc2ccc(OC(F)F)cc2)CCSC1. The van der Waals surface area contributed by atoms with Crippen molar-refractivity contribution in [3.8, 4) is 5.75 Å². The third kappa shape index (κ3) is 4.63. The summed E-state index contributed by atoms with van der Waals surface area (Å²) in [6.45, 7) is -1.64. The highest BCUT2D eigenvalue weighted by molar-refractivity contribution is 7.99. The van der Waals surface area contributed by atoms with E-state index in [4.69, 9.17) is 0 Å². The van der Waals surface area contributed by atoms with Crippen molar-refractivity contribution in [1.29, 1.82) is 0 Å². The first kappa shape index (κ1) is 14.6. The average Bonchev–Trinajstić information content (AvgIpc) is 2.78. The van der Waals surface area contributed by atoms with Crippen LogP contribution >= 0.6 is 11.8 Å². The fourth-order valence-corrected chi connectivity index (χ4v) is 3.26. The van der Waals surface area contributed by atoms with Gasteiger partial charge in [0.1, 0.15) is 5.75 Å². The molecule has 1 heterocycles. The van der Waals surface area contributed by atoms with Gasteiger partial charge in [0.15, 0.2) is 0 Å². The number of hydrogen-bond donors (Lipinski definition) is 2. The molecule has 1 fully saturated rings. The summed E-state index contributed by atoms with van der Waals surface area (Å²) >= 11 is 1.76. The van der Waals surface area contributed by atoms with Gasteiger partial charge in [-0.3, -0.25) is 0 Å². The normalized spacial score (nSPS) is 22.9. The maximum Gasteiger partial charge on any atom is 0.387 e. The summed E-state index contributed by atoms with van der Waals surface area (Å²) in [5.41, 5.74) is 0.361. The van der Waals surface area contributed by atoms with Crippen LogP contribution in [0.3, 0.4) is 0 Å². The monoisotopic (exact) mass is 289 g/mol. The Balaban J connectivity index is 1.76. The van der Waals surface area contributed by atoms with Crippen LogP contribution in [-0.2, 0) is 6.54 Å². The number of aliphatic hydroxyl groups is 1. The quantitative estimate of drug-likeness (QED) is 0.843. The lowest BCUT2D eigenvalue weighted by atomic mass is 10.0. The lowest BCUT2D eigenvalue weighted by Gasteiger charge is -2.21. The van der Waals surface area contributed by atoms with Crippen LogP contribution in [0.15, 0.2) is 24.3 Å². The Morgan fingerprint density at radius 1 is 1.37 bits per heavy atom. The predicted octanol–water partition coefficient (Wildman–Crippen LogP) is 2.25. The van der Waals surface area contributed by atoms with Crippen molar-refractivity contribution in [3.05, 3.63) is 29.8 Å². The molecule has 1 aliphatic rings. The predicted molar refractivity (Wildman–Crippen MR) is 71.7 cm³/mol. The largest absolute Gasteiger partial charge is 0.435 e. The molecule has 1 atom stereocenters. The zero-order valence-corrected chi connectivity index (χ0v) is 11.3. The maximum atomic E-state index is 12.0. The minimum Gasteiger partial charge on any atom is -0.435 e. The van der Waals surface area contributed by atoms with Crippen LogP contribution < -0.4 is 10.1 Å². The van der Waals surface area contributed by atoms with Crippen molar-refractivity contribution in [2.75, 3.05) is 18.1 Å². The van der Waals surface area contributed by atoms with Gasteiger partial charge in [-0.1, -0.05) is 12.1 Å². The van der Waals surface area contributed by atoms with Crippen molar-refractivity contribution in [3.63, 3.8) is 0 Å². The number of halogens is 2. The van der Waals surface area contributed by atoms with Gasteiger partial charge in [0.25, 0.3) is 0 Å². The molecule has 1 aromatic carbocycles. The van der Waals surface area contributed by atoms with Gasteiger partial charge < -0.3 is 15.2 Å². The second kappa shape index (κ2) is 6.54. The fourth-order valence-electron chi connectivity index (χ4n) is 1.96. The highest BCUT2D eigenvalue weighted by Gasteiger charge is 2.30. The summed E-state index contributed by atoms with van der Waals surface area (Å²) in [7, 11) is 0. The van der Waals surface area contributed by atoms with E-state index >= 15 is 0 Å². The number of thioether (sulfide) groups is 1. The second-order valence-electron chi connectivity index (χ2n) is 4.65. The number of nitrogens with one attached hydrogen (secondary N) is 1. The third-order valence-corrected chi connectivity index (χ3v) is 4.25. The Morgan fingerprint density at radius 3 is 2.68 bits per heavy atom. The van der Waals surface area contributed by atoms with Crippen molar-refractivity contribution in [2.24, 2.45) is 0 Å². The van der Waals surface area contributed by atoms with Crippen molar-refractivity contribution < 1.29 is 18.6 Å². The first-order valence-corrected chi connectivity index (χ1v) is 7.27. The van der Waals surface area contributed by atoms with Crippen LogP contribution in [0.5, 0.6) is 5.75 Å². The van der Waals surface area contributed by atoms with Crippen LogP contribution in [0.25, 0.3) is 0 Å². The van der Waals surface area contributed by atoms with E-state index in [0.717, 1.165) is 23.5 Å². The van der Waals surface area contributed by atoms with Crippen LogP contribution in [0.1, 0.15) is 12.0 Å². The van der Waals surface area contributed by atoms with E-state index in [1.54, 1.807) is 23.9 Å². The standard InChI is InChI=1S/C13H17F2NO2S/c14-12(15)18-11-3-1-10(2-4-11)7-16-8-13(17)5-6-19-9-13/h1-4,12,16-17H,5-9H2. The molecule has 1 aromatic rings. The fraction of sp³-hybridized carbons (Fsp3) is 0.538. The second-order valence-corrected chi connectivity index (χ2v) is 5.76. The molecule has 0 aromatic heterocycles. The van der Waals surface area contributed by atoms with Crippen molar-refractivity contribution >= 4 is 11.8 Å². The van der Waals surface area contributed by atoms with Gasteiger partial charge in [-0.2, -0.15) is 20.5 Å². The summed E-state index contributed by atoms with van der Waals surface area (Å²) in [4.78, 5) is 0. The molecule has 106 valence electrons. The summed E-state index contributed by atoms with van der Waals surface area (Å²) in [6.07, 6.45) is 0.811. The topological polar surface area (TPSA) is 41.5 Å². The highest BCUT2D eigenvalue weighted by atomic mass is 32.2. The van der Waals surface area contributed by atoms with E-state index in [9.17, 15) is 13.9 Å². The molecule has 1 unspecified atom stereocenters. The Kier molecular flexibility index (Phi) is 5.01. The summed E-state index contributed by atoms with van der Waals surface area (Å²) in [5.74, 6) is 1.92. The number of benzene rings is 1. The molecule has 1 saturated heterocycles.